The molecule has 0 N–H and O–H groups in total. The molecular weight excluding hydrogens is 381 g/mol. The molecule has 6 heteroatoms. The lowest BCUT2D eigenvalue weighted by molar-refractivity contribution is -0.138. The van der Waals surface area contributed by atoms with Crippen LogP contribution in [0.2, 0.25) is 0 Å². The van der Waals surface area contributed by atoms with Gasteiger partial charge in [-0.3, -0.25) is 14.6 Å². The zero-order valence-electron chi connectivity index (χ0n) is 16.9. The van der Waals surface area contributed by atoms with E-state index >= 15 is 0 Å². The van der Waals surface area contributed by atoms with Crippen molar-refractivity contribution in [3.05, 3.63) is 71.8 Å². The number of hydrogen-bond acceptors (Lipinski definition) is 3. The van der Waals surface area contributed by atoms with E-state index in [0.717, 1.165) is 31.4 Å². The highest BCUT2D eigenvalue weighted by Gasteiger charge is 2.38. The number of nitrogens with zero attached hydrogens (tertiary/aromatic N) is 3. The Hall–Kier alpha value is -3.02. The van der Waals surface area contributed by atoms with Crippen LogP contribution < -0.4 is 0 Å². The first-order valence-electron chi connectivity index (χ1n) is 10.5. The maximum Gasteiger partial charge on any atom is 0.246 e. The van der Waals surface area contributed by atoms with Gasteiger partial charge in [0.1, 0.15) is 5.82 Å². The topological polar surface area (TPSA) is 53.5 Å². The zero-order valence-corrected chi connectivity index (χ0v) is 16.9. The molecule has 2 aliphatic heterocycles. The van der Waals surface area contributed by atoms with Crippen LogP contribution in [0.1, 0.15) is 30.4 Å². The summed E-state index contributed by atoms with van der Waals surface area (Å²) in [6.45, 7) is 2.06. The third-order valence-corrected chi connectivity index (χ3v) is 6.07. The lowest BCUT2D eigenvalue weighted by Gasteiger charge is -2.47. The summed E-state index contributed by atoms with van der Waals surface area (Å²) in [4.78, 5) is 33.4. The predicted molar refractivity (Wildman–Crippen MR) is 113 cm³/mol. The summed E-state index contributed by atoms with van der Waals surface area (Å²) in [5.74, 6) is 0.0311. The van der Waals surface area contributed by atoms with Crippen LogP contribution in [-0.2, 0) is 16.0 Å². The third kappa shape index (κ3) is 4.75. The van der Waals surface area contributed by atoms with Crippen molar-refractivity contribution >= 4 is 17.9 Å². The number of benzene rings is 1. The molecule has 0 unspecified atom stereocenters. The highest BCUT2D eigenvalue weighted by molar-refractivity contribution is 5.92. The Labute approximate surface area is 176 Å². The second kappa shape index (κ2) is 9.20. The van der Waals surface area contributed by atoms with Crippen LogP contribution in [0.5, 0.6) is 0 Å². The average Bonchev–Trinajstić information content (AvgIpc) is 2.77. The van der Waals surface area contributed by atoms with Gasteiger partial charge in [0, 0.05) is 44.1 Å². The predicted octanol–water partition coefficient (Wildman–Crippen LogP) is 3.32. The Bertz CT molecular complexity index is 931. The quantitative estimate of drug-likeness (QED) is 0.731. The van der Waals surface area contributed by atoms with Crippen molar-refractivity contribution in [3.63, 3.8) is 0 Å². The summed E-state index contributed by atoms with van der Waals surface area (Å²) >= 11 is 0. The van der Waals surface area contributed by atoms with Gasteiger partial charge < -0.3 is 9.80 Å². The second-order valence-electron chi connectivity index (χ2n) is 8.05. The molecule has 2 aliphatic rings. The van der Waals surface area contributed by atoms with Crippen LogP contribution in [0.4, 0.5) is 4.39 Å². The largest absolute Gasteiger partial charge is 0.342 e. The summed E-state index contributed by atoms with van der Waals surface area (Å²) in [5.41, 5.74) is 1.65. The van der Waals surface area contributed by atoms with Crippen molar-refractivity contribution in [2.24, 2.45) is 5.92 Å². The molecule has 5 nitrogen and oxygen atoms in total. The van der Waals surface area contributed by atoms with E-state index < -0.39 is 0 Å². The van der Waals surface area contributed by atoms with Crippen molar-refractivity contribution in [2.75, 3.05) is 19.6 Å². The third-order valence-electron chi connectivity index (χ3n) is 6.07. The molecule has 1 aromatic heterocycles. The van der Waals surface area contributed by atoms with Crippen LogP contribution in [0, 0.1) is 11.7 Å². The first-order chi connectivity index (χ1) is 14.6. The molecule has 2 saturated heterocycles. The molecule has 0 radical (unpaired) electrons. The van der Waals surface area contributed by atoms with Crippen LogP contribution >= 0.6 is 0 Å². The molecule has 2 atom stereocenters. The summed E-state index contributed by atoms with van der Waals surface area (Å²) in [7, 11) is 0. The monoisotopic (exact) mass is 407 g/mol. The molecule has 0 spiro atoms. The van der Waals surface area contributed by atoms with Crippen LogP contribution in [0.25, 0.3) is 6.08 Å². The van der Waals surface area contributed by atoms with E-state index in [0.29, 0.717) is 24.6 Å². The maximum atomic E-state index is 13.4. The van der Waals surface area contributed by atoms with E-state index in [1.165, 1.54) is 12.1 Å². The number of hydrogen-bond donors (Lipinski definition) is 0. The Balaban J connectivity index is 1.37. The van der Waals surface area contributed by atoms with Gasteiger partial charge in [-0.25, -0.2) is 4.39 Å². The minimum Gasteiger partial charge on any atom is -0.342 e. The fourth-order valence-electron chi connectivity index (χ4n) is 4.57. The number of halogens is 1. The number of likely N-dealkylation sites (tertiary alicyclic amines) is 2. The SMILES string of the molecule is O=C(Cc1cccc(F)c1)N1CC[C@H]2[C@H](CCCN2C(=O)C=Cc2ccncc2)C1. The fraction of sp³-hybridized carbons (Fsp3) is 0.375. The Kier molecular flexibility index (Phi) is 6.21. The summed E-state index contributed by atoms with van der Waals surface area (Å²) in [5, 5.41) is 0. The number of rotatable bonds is 4. The van der Waals surface area contributed by atoms with E-state index in [2.05, 4.69) is 4.98 Å². The average molecular weight is 407 g/mol. The van der Waals surface area contributed by atoms with Gasteiger partial charge in [0.05, 0.1) is 6.42 Å². The minimum atomic E-state index is -0.319. The first kappa shape index (κ1) is 20.3. The first-order valence-corrected chi connectivity index (χ1v) is 10.5. The highest BCUT2D eigenvalue weighted by Crippen LogP contribution is 2.31. The van der Waals surface area contributed by atoms with Gasteiger partial charge in [-0.1, -0.05) is 12.1 Å². The molecule has 2 amide bonds. The molecule has 156 valence electrons. The van der Waals surface area contributed by atoms with E-state index in [1.54, 1.807) is 30.6 Å². The molecule has 2 fully saturated rings. The normalized spacial score (nSPS) is 21.5. The molecule has 2 aromatic rings. The summed E-state index contributed by atoms with van der Waals surface area (Å²) in [6.07, 6.45) is 9.84. The van der Waals surface area contributed by atoms with Crippen molar-refractivity contribution in [2.45, 2.75) is 31.7 Å². The standard InChI is InChI=1S/C24H26FN3O2/c25-21-5-1-3-19(15-21)16-24(30)27-14-10-22-20(17-27)4-2-13-28(22)23(29)7-6-18-8-11-26-12-9-18/h1,3,5-9,11-12,15,20,22H,2,4,10,13-14,16-17H2/t20-,22+/m1/s1. The van der Waals surface area contributed by atoms with E-state index in [1.807, 2.05) is 28.0 Å². The fourth-order valence-corrected chi connectivity index (χ4v) is 4.57. The van der Waals surface area contributed by atoms with Gasteiger partial charge in [0.25, 0.3) is 0 Å². The van der Waals surface area contributed by atoms with E-state index in [-0.39, 0.29) is 30.1 Å². The molecule has 30 heavy (non-hydrogen) atoms. The van der Waals surface area contributed by atoms with Gasteiger partial charge in [-0.15, -0.1) is 0 Å². The Morgan fingerprint density at radius 3 is 2.77 bits per heavy atom. The van der Waals surface area contributed by atoms with E-state index in [4.69, 9.17) is 0 Å². The number of carbonyl (C=O) groups is 2. The smallest absolute Gasteiger partial charge is 0.246 e. The lowest BCUT2D eigenvalue weighted by Crippen LogP contribution is -2.56. The van der Waals surface area contributed by atoms with Crippen molar-refractivity contribution < 1.29 is 14.0 Å². The maximum absolute atomic E-state index is 13.4. The molecule has 0 aliphatic carbocycles. The number of piperidine rings is 2. The molecule has 4 rings (SSSR count). The summed E-state index contributed by atoms with van der Waals surface area (Å²) < 4.78 is 13.4. The van der Waals surface area contributed by atoms with Crippen molar-refractivity contribution in [1.82, 2.24) is 14.8 Å². The highest BCUT2D eigenvalue weighted by atomic mass is 19.1. The van der Waals surface area contributed by atoms with Gasteiger partial charge in [0.2, 0.25) is 11.8 Å². The van der Waals surface area contributed by atoms with Gasteiger partial charge in [-0.05, 0) is 66.6 Å². The second-order valence-corrected chi connectivity index (χ2v) is 8.05. The zero-order chi connectivity index (χ0) is 20.9. The number of pyridine rings is 1. The molecular formula is C24H26FN3O2. The van der Waals surface area contributed by atoms with Gasteiger partial charge >= 0.3 is 0 Å². The molecule has 3 heterocycles. The summed E-state index contributed by atoms with van der Waals surface area (Å²) in [6, 6.07) is 10.1. The Morgan fingerprint density at radius 2 is 1.97 bits per heavy atom. The molecule has 1 aromatic carbocycles. The number of carbonyl (C=O) groups excluding carboxylic acids is 2. The van der Waals surface area contributed by atoms with Crippen LogP contribution in [0.15, 0.2) is 54.9 Å². The Morgan fingerprint density at radius 1 is 1.13 bits per heavy atom. The van der Waals surface area contributed by atoms with E-state index in [9.17, 15) is 14.0 Å². The number of aromatic nitrogens is 1. The molecule has 0 bridgehead atoms. The van der Waals surface area contributed by atoms with Gasteiger partial charge in [0.15, 0.2) is 0 Å². The van der Waals surface area contributed by atoms with Crippen LogP contribution in [-0.4, -0.2) is 52.3 Å². The number of amides is 2. The molecule has 0 saturated carbocycles. The van der Waals surface area contributed by atoms with Crippen molar-refractivity contribution in [3.8, 4) is 0 Å². The lowest BCUT2D eigenvalue weighted by atomic mass is 9.83. The number of fused-ring (bicyclic) bond motifs is 1. The van der Waals surface area contributed by atoms with Crippen LogP contribution in [0.3, 0.4) is 0 Å². The van der Waals surface area contributed by atoms with Crippen molar-refractivity contribution in [1.29, 1.82) is 0 Å². The minimum absolute atomic E-state index is 0.0279. The van der Waals surface area contributed by atoms with Gasteiger partial charge in [-0.2, -0.15) is 0 Å².